The Balaban J connectivity index is 1.79. The Morgan fingerprint density at radius 3 is 2.70 bits per heavy atom. The highest BCUT2D eigenvalue weighted by Crippen LogP contribution is 2.40. The Kier molecular flexibility index (Phi) is 4.46. The molecule has 0 saturated carbocycles. The van der Waals surface area contributed by atoms with E-state index in [0.29, 0.717) is 10.1 Å². The number of ether oxygens (including phenoxy) is 1. The maximum atomic E-state index is 6.15. The zero-order valence-corrected chi connectivity index (χ0v) is 14.7. The van der Waals surface area contributed by atoms with Crippen LogP contribution in [0.4, 0.5) is 5.69 Å². The van der Waals surface area contributed by atoms with E-state index in [4.69, 9.17) is 28.6 Å². The van der Waals surface area contributed by atoms with Gasteiger partial charge in [0.05, 0.1) is 6.04 Å². The molecule has 2 aromatic rings. The predicted octanol–water partition coefficient (Wildman–Crippen LogP) is 4.93. The topological polar surface area (TPSA) is 33.3 Å². The van der Waals surface area contributed by atoms with Crippen LogP contribution in [0.25, 0.3) is 0 Å². The van der Waals surface area contributed by atoms with Gasteiger partial charge in [-0.05, 0) is 56.4 Å². The number of benzene rings is 2. The second kappa shape index (κ2) is 6.38. The molecule has 0 unspecified atom stereocenters. The molecule has 0 fully saturated rings. The molecule has 3 rings (SSSR count). The van der Waals surface area contributed by atoms with E-state index in [1.807, 2.05) is 48.5 Å². The summed E-state index contributed by atoms with van der Waals surface area (Å²) in [6.07, 6.45) is 0.803. The highest BCUT2D eigenvalue weighted by Gasteiger charge is 2.34. The summed E-state index contributed by atoms with van der Waals surface area (Å²) in [6, 6.07) is 15.6. The second-order valence-electron chi connectivity index (χ2n) is 6.27. The summed E-state index contributed by atoms with van der Waals surface area (Å²) < 4.78 is 6.04. The van der Waals surface area contributed by atoms with Crippen LogP contribution in [-0.4, -0.2) is 10.7 Å². The molecule has 0 amide bonds. The number of rotatable bonds is 2. The van der Waals surface area contributed by atoms with Gasteiger partial charge in [-0.1, -0.05) is 29.8 Å². The van der Waals surface area contributed by atoms with Crippen LogP contribution >= 0.6 is 23.8 Å². The molecule has 1 atom stereocenters. The van der Waals surface area contributed by atoms with Crippen LogP contribution in [0.15, 0.2) is 48.5 Å². The molecule has 0 bridgehead atoms. The van der Waals surface area contributed by atoms with Gasteiger partial charge in [0, 0.05) is 22.7 Å². The van der Waals surface area contributed by atoms with Crippen LogP contribution in [0.2, 0.25) is 5.02 Å². The van der Waals surface area contributed by atoms with E-state index >= 15 is 0 Å². The van der Waals surface area contributed by atoms with Gasteiger partial charge in [0.2, 0.25) is 0 Å². The lowest BCUT2D eigenvalue weighted by Gasteiger charge is -2.38. The number of nitrogens with one attached hydrogen (secondary N) is 2. The average molecular weight is 347 g/mol. The molecule has 0 saturated heterocycles. The molecule has 0 aromatic heterocycles. The predicted molar refractivity (Wildman–Crippen MR) is 99.3 cm³/mol. The molecule has 1 aliphatic rings. The molecule has 1 aliphatic heterocycles. The largest absolute Gasteiger partial charge is 0.487 e. The van der Waals surface area contributed by atoms with Crippen molar-refractivity contribution in [3.63, 3.8) is 0 Å². The van der Waals surface area contributed by atoms with Crippen molar-refractivity contribution in [1.82, 2.24) is 5.32 Å². The van der Waals surface area contributed by atoms with Gasteiger partial charge in [0.25, 0.3) is 0 Å². The van der Waals surface area contributed by atoms with Gasteiger partial charge in [0.1, 0.15) is 11.4 Å². The number of halogens is 1. The van der Waals surface area contributed by atoms with Crippen molar-refractivity contribution in [2.24, 2.45) is 0 Å². The number of hydrogen-bond acceptors (Lipinski definition) is 2. The first kappa shape index (κ1) is 16.1. The lowest BCUT2D eigenvalue weighted by atomic mass is 9.90. The number of fused-ring (bicyclic) bond motifs is 1. The molecule has 2 aromatic carbocycles. The Morgan fingerprint density at radius 1 is 1.22 bits per heavy atom. The molecule has 120 valence electrons. The summed E-state index contributed by atoms with van der Waals surface area (Å²) in [5, 5.41) is 7.88. The zero-order valence-electron chi connectivity index (χ0n) is 13.1. The fourth-order valence-corrected chi connectivity index (χ4v) is 3.24. The normalized spacial score (nSPS) is 18.5. The maximum Gasteiger partial charge on any atom is 0.171 e. The summed E-state index contributed by atoms with van der Waals surface area (Å²) >= 11 is 11.6. The van der Waals surface area contributed by atoms with Crippen LogP contribution in [0.3, 0.4) is 0 Å². The summed E-state index contributed by atoms with van der Waals surface area (Å²) in [7, 11) is 0. The van der Waals surface area contributed by atoms with E-state index < -0.39 is 0 Å². The Hall–Kier alpha value is -1.78. The molecular weight excluding hydrogens is 328 g/mol. The fourth-order valence-electron chi connectivity index (χ4n) is 2.80. The van der Waals surface area contributed by atoms with Gasteiger partial charge < -0.3 is 15.4 Å². The summed E-state index contributed by atoms with van der Waals surface area (Å²) in [4.78, 5) is 0. The van der Waals surface area contributed by atoms with Crippen molar-refractivity contribution in [3.05, 3.63) is 59.1 Å². The highest BCUT2D eigenvalue weighted by atomic mass is 35.5. The van der Waals surface area contributed by atoms with Crippen molar-refractivity contribution in [2.45, 2.75) is 31.9 Å². The molecule has 0 aliphatic carbocycles. The van der Waals surface area contributed by atoms with Gasteiger partial charge >= 0.3 is 0 Å². The van der Waals surface area contributed by atoms with Crippen molar-refractivity contribution in [1.29, 1.82) is 0 Å². The van der Waals surface area contributed by atoms with E-state index in [-0.39, 0.29) is 11.6 Å². The monoisotopic (exact) mass is 346 g/mol. The molecule has 0 radical (unpaired) electrons. The number of thiocarbonyl (C=S) groups is 1. The minimum Gasteiger partial charge on any atom is -0.487 e. The van der Waals surface area contributed by atoms with Gasteiger partial charge in [-0.3, -0.25) is 0 Å². The molecular formula is C18H19ClN2OS. The van der Waals surface area contributed by atoms with Crippen molar-refractivity contribution < 1.29 is 4.74 Å². The summed E-state index contributed by atoms with van der Waals surface area (Å²) in [6.45, 7) is 4.15. The first-order valence-electron chi connectivity index (χ1n) is 7.54. The lowest BCUT2D eigenvalue weighted by molar-refractivity contribution is 0.0697. The Labute approximate surface area is 147 Å². The molecule has 2 N–H and O–H groups in total. The first-order chi connectivity index (χ1) is 10.9. The number of anilines is 1. The van der Waals surface area contributed by atoms with E-state index in [0.717, 1.165) is 23.4 Å². The zero-order chi connectivity index (χ0) is 16.4. The SMILES string of the molecule is CC1(C)C[C@@H](NC(=S)Nc2ccccc2)c2cc(Cl)ccc2O1. The smallest absolute Gasteiger partial charge is 0.171 e. The standard InChI is InChI=1S/C18H19ClN2OS/c1-18(2)11-15(14-10-12(19)8-9-16(14)22-18)21-17(23)20-13-6-4-3-5-7-13/h3-10,15H,11H2,1-2H3,(H2,20,21,23)/t15-/m1/s1. The second-order valence-corrected chi connectivity index (χ2v) is 7.11. The molecule has 3 nitrogen and oxygen atoms in total. The Morgan fingerprint density at radius 2 is 1.96 bits per heavy atom. The van der Waals surface area contributed by atoms with E-state index in [2.05, 4.69) is 24.5 Å². The third kappa shape index (κ3) is 3.95. The van der Waals surface area contributed by atoms with Gasteiger partial charge in [-0.2, -0.15) is 0 Å². The van der Waals surface area contributed by atoms with Crippen LogP contribution in [0.5, 0.6) is 5.75 Å². The van der Waals surface area contributed by atoms with E-state index in [1.54, 1.807) is 0 Å². The summed E-state index contributed by atoms with van der Waals surface area (Å²) in [5.41, 5.74) is 1.73. The minimum absolute atomic E-state index is 0.0520. The first-order valence-corrected chi connectivity index (χ1v) is 8.33. The van der Waals surface area contributed by atoms with E-state index in [1.165, 1.54) is 0 Å². The fraction of sp³-hybridized carbons (Fsp3) is 0.278. The Bertz CT molecular complexity index is 718. The van der Waals surface area contributed by atoms with Crippen molar-refractivity contribution >= 4 is 34.6 Å². The highest BCUT2D eigenvalue weighted by molar-refractivity contribution is 7.80. The number of para-hydroxylation sites is 1. The molecule has 0 spiro atoms. The van der Waals surface area contributed by atoms with Crippen molar-refractivity contribution in [3.8, 4) is 5.75 Å². The molecule has 5 heteroatoms. The van der Waals surface area contributed by atoms with Crippen LogP contribution < -0.4 is 15.4 Å². The average Bonchev–Trinajstić information content (AvgIpc) is 2.48. The summed E-state index contributed by atoms with van der Waals surface area (Å²) in [5.74, 6) is 0.852. The quantitative estimate of drug-likeness (QED) is 0.755. The van der Waals surface area contributed by atoms with Crippen LogP contribution in [0.1, 0.15) is 31.9 Å². The lowest BCUT2D eigenvalue weighted by Crippen LogP contribution is -2.42. The third-order valence-corrected chi connectivity index (χ3v) is 4.22. The van der Waals surface area contributed by atoms with Gasteiger partial charge in [0.15, 0.2) is 5.11 Å². The molecule has 23 heavy (non-hydrogen) atoms. The molecule has 1 heterocycles. The van der Waals surface area contributed by atoms with Crippen LogP contribution in [0, 0.1) is 0 Å². The van der Waals surface area contributed by atoms with E-state index in [9.17, 15) is 0 Å². The van der Waals surface area contributed by atoms with Crippen LogP contribution in [-0.2, 0) is 0 Å². The van der Waals surface area contributed by atoms with Crippen molar-refractivity contribution in [2.75, 3.05) is 5.32 Å². The maximum absolute atomic E-state index is 6.15. The third-order valence-electron chi connectivity index (χ3n) is 3.77. The van der Waals surface area contributed by atoms with Gasteiger partial charge in [-0.15, -0.1) is 0 Å². The minimum atomic E-state index is -0.263. The number of hydrogen-bond donors (Lipinski definition) is 2. The van der Waals surface area contributed by atoms with Gasteiger partial charge in [-0.25, -0.2) is 0 Å².